The number of hydrogen-bond donors (Lipinski definition) is 1. The summed E-state index contributed by atoms with van der Waals surface area (Å²) in [6.45, 7) is 3.40. The second-order valence-corrected chi connectivity index (χ2v) is 6.49. The number of likely N-dealkylation sites (tertiary alicyclic amines) is 1. The lowest BCUT2D eigenvalue weighted by atomic mass is 9.82. The molecule has 5 heteroatoms. The van der Waals surface area contributed by atoms with Gasteiger partial charge in [0.15, 0.2) is 0 Å². The Morgan fingerprint density at radius 2 is 1.87 bits per heavy atom. The molecule has 2 aliphatic rings. The Morgan fingerprint density at radius 1 is 1.22 bits per heavy atom. The number of nitrogens with zero attached hydrogens (tertiary/aromatic N) is 1. The Balaban J connectivity index is 1.67. The van der Waals surface area contributed by atoms with Crippen LogP contribution in [0.2, 0.25) is 0 Å². The highest BCUT2D eigenvalue weighted by Crippen LogP contribution is 2.37. The molecule has 2 saturated heterocycles. The van der Waals surface area contributed by atoms with Crippen molar-refractivity contribution in [2.24, 2.45) is 0 Å². The van der Waals surface area contributed by atoms with E-state index >= 15 is 0 Å². The van der Waals surface area contributed by atoms with E-state index in [1.807, 2.05) is 18.2 Å². The van der Waals surface area contributed by atoms with E-state index < -0.39 is 0 Å². The van der Waals surface area contributed by atoms with Crippen LogP contribution in [-0.2, 0) is 11.3 Å². The molecule has 0 aliphatic carbocycles. The molecule has 23 heavy (non-hydrogen) atoms. The number of benzene rings is 1. The van der Waals surface area contributed by atoms with Crippen LogP contribution < -0.4 is 9.47 Å². The van der Waals surface area contributed by atoms with Gasteiger partial charge in [0.1, 0.15) is 11.5 Å². The van der Waals surface area contributed by atoms with Gasteiger partial charge in [-0.15, -0.1) is 0 Å². The highest BCUT2D eigenvalue weighted by atomic mass is 16.5. The van der Waals surface area contributed by atoms with E-state index in [0.717, 1.165) is 69.0 Å². The van der Waals surface area contributed by atoms with E-state index in [1.54, 1.807) is 14.2 Å². The van der Waals surface area contributed by atoms with Crippen molar-refractivity contribution in [2.75, 3.05) is 33.9 Å². The molecule has 0 saturated carbocycles. The van der Waals surface area contributed by atoms with E-state index in [2.05, 4.69) is 4.90 Å². The van der Waals surface area contributed by atoms with Crippen molar-refractivity contribution in [3.8, 4) is 11.5 Å². The van der Waals surface area contributed by atoms with Crippen LogP contribution in [0.5, 0.6) is 11.5 Å². The molecule has 1 aromatic carbocycles. The van der Waals surface area contributed by atoms with Crippen LogP contribution in [0.15, 0.2) is 18.2 Å². The molecule has 1 spiro atoms. The fourth-order valence-electron chi connectivity index (χ4n) is 3.79. The second kappa shape index (κ2) is 7.07. The Hall–Kier alpha value is -1.30. The molecule has 128 valence electrons. The SMILES string of the molecule is COc1cccc(OC)c1CN1CCC2(CC1)OCCCC2O. The molecule has 1 atom stereocenters. The molecule has 3 rings (SSSR count). The summed E-state index contributed by atoms with van der Waals surface area (Å²) < 4.78 is 17.0. The smallest absolute Gasteiger partial charge is 0.127 e. The average Bonchev–Trinajstić information content (AvgIpc) is 2.59. The highest BCUT2D eigenvalue weighted by Gasteiger charge is 2.43. The standard InChI is InChI=1S/C18H27NO4/c1-21-15-5-3-6-16(22-2)14(15)13-19-10-8-18(9-11-19)17(20)7-4-12-23-18/h3,5-6,17,20H,4,7-13H2,1-2H3. The molecule has 0 amide bonds. The Bertz CT molecular complexity index is 504. The summed E-state index contributed by atoms with van der Waals surface area (Å²) in [6, 6.07) is 5.88. The molecule has 1 unspecified atom stereocenters. The number of hydrogen-bond acceptors (Lipinski definition) is 5. The van der Waals surface area contributed by atoms with Crippen molar-refractivity contribution < 1.29 is 19.3 Å². The van der Waals surface area contributed by atoms with Gasteiger partial charge in [0, 0.05) is 26.2 Å². The van der Waals surface area contributed by atoms with Gasteiger partial charge in [0.2, 0.25) is 0 Å². The van der Waals surface area contributed by atoms with Gasteiger partial charge >= 0.3 is 0 Å². The van der Waals surface area contributed by atoms with Crippen LogP contribution in [0.4, 0.5) is 0 Å². The lowest BCUT2D eigenvalue weighted by Crippen LogP contribution is -2.55. The van der Waals surface area contributed by atoms with Crippen LogP contribution in [0.25, 0.3) is 0 Å². The minimum atomic E-state index is -0.320. The summed E-state index contributed by atoms with van der Waals surface area (Å²) in [5, 5.41) is 10.3. The van der Waals surface area contributed by atoms with Crippen LogP contribution in [0, 0.1) is 0 Å². The number of piperidine rings is 1. The van der Waals surface area contributed by atoms with E-state index in [9.17, 15) is 5.11 Å². The minimum Gasteiger partial charge on any atom is -0.496 e. The maximum absolute atomic E-state index is 10.3. The van der Waals surface area contributed by atoms with Gasteiger partial charge in [-0.3, -0.25) is 4.90 Å². The average molecular weight is 321 g/mol. The van der Waals surface area contributed by atoms with E-state index in [4.69, 9.17) is 14.2 Å². The summed E-state index contributed by atoms with van der Waals surface area (Å²) in [7, 11) is 3.38. The molecule has 2 heterocycles. The van der Waals surface area contributed by atoms with Crippen molar-refractivity contribution in [1.82, 2.24) is 4.90 Å². The monoisotopic (exact) mass is 321 g/mol. The Labute approximate surface area is 138 Å². The molecule has 0 bridgehead atoms. The summed E-state index contributed by atoms with van der Waals surface area (Å²) in [5.74, 6) is 1.72. The maximum atomic E-state index is 10.3. The zero-order valence-electron chi connectivity index (χ0n) is 14.1. The van der Waals surface area contributed by atoms with Gasteiger partial charge in [-0.1, -0.05) is 6.07 Å². The number of rotatable bonds is 4. The zero-order chi connectivity index (χ0) is 16.3. The molecule has 5 nitrogen and oxygen atoms in total. The topological polar surface area (TPSA) is 51.2 Å². The van der Waals surface area contributed by atoms with Crippen LogP contribution >= 0.6 is 0 Å². The third-order valence-corrected chi connectivity index (χ3v) is 5.23. The Kier molecular flexibility index (Phi) is 5.09. The van der Waals surface area contributed by atoms with Gasteiger partial charge in [-0.25, -0.2) is 0 Å². The number of methoxy groups -OCH3 is 2. The van der Waals surface area contributed by atoms with Gasteiger partial charge in [-0.2, -0.15) is 0 Å². The van der Waals surface area contributed by atoms with Gasteiger partial charge in [0.25, 0.3) is 0 Å². The minimum absolute atomic E-state index is 0.320. The third-order valence-electron chi connectivity index (χ3n) is 5.23. The van der Waals surface area contributed by atoms with Crippen LogP contribution in [0.1, 0.15) is 31.2 Å². The number of ether oxygens (including phenoxy) is 3. The van der Waals surface area contributed by atoms with Gasteiger partial charge in [0.05, 0.1) is 31.5 Å². The maximum Gasteiger partial charge on any atom is 0.127 e. The van der Waals surface area contributed by atoms with Crippen molar-refractivity contribution in [3.05, 3.63) is 23.8 Å². The molecule has 0 radical (unpaired) electrons. The molecule has 1 aromatic rings. The van der Waals surface area contributed by atoms with E-state index in [-0.39, 0.29) is 11.7 Å². The van der Waals surface area contributed by atoms with E-state index in [0.29, 0.717) is 0 Å². The molecule has 0 aromatic heterocycles. The quantitative estimate of drug-likeness (QED) is 0.921. The molecular formula is C18H27NO4. The predicted molar refractivity (Wildman–Crippen MR) is 88.0 cm³/mol. The first-order valence-electron chi connectivity index (χ1n) is 8.43. The van der Waals surface area contributed by atoms with Crippen molar-refractivity contribution in [1.29, 1.82) is 0 Å². The van der Waals surface area contributed by atoms with Gasteiger partial charge in [-0.05, 0) is 37.8 Å². The van der Waals surface area contributed by atoms with Crippen molar-refractivity contribution >= 4 is 0 Å². The first-order valence-corrected chi connectivity index (χ1v) is 8.43. The second-order valence-electron chi connectivity index (χ2n) is 6.49. The fourth-order valence-corrected chi connectivity index (χ4v) is 3.79. The van der Waals surface area contributed by atoms with E-state index in [1.165, 1.54) is 0 Å². The first-order chi connectivity index (χ1) is 11.2. The molecule has 2 aliphatic heterocycles. The number of aliphatic hydroxyl groups is 1. The number of aliphatic hydroxyl groups excluding tert-OH is 1. The normalized spacial score (nSPS) is 24.6. The lowest BCUT2D eigenvalue weighted by molar-refractivity contribution is -0.177. The fraction of sp³-hybridized carbons (Fsp3) is 0.667. The zero-order valence-corrected chi connectivity index (χ0v) is 14.1. The molecular weight excluding hydrogens is 294 g/mol. The summed E-state index contributed by atoms with van der Waals surface area (Å²) in [5.41, 5.74) is 0.762. The first kappa shape index (κ1) is 16.6. The Morgan fingerprint density at radius 3 is 2.43 bits per heavy atom. The molecule has 2 fully saturated rings. The van der Waals surface area contributed by atoms with Crippen molar-refractivity contribution in [3.63, 3.8) is 0 Å². The summed E-state index contributed by atoms with van der Waals surface area (Å²) in [4.78, 5) is 2.39. The third kappa shape index (κ3) is 3.32. The van der Waals surface area contributed by atoms with Crippen LogP contribution in [0.3, 0.4) is 0 Å². The highest BCUT2D eigenvalue weighted by molar-refractivity contribution is 5.44. The van der Waals surface area contributed by atoms with Gasteiger partial charge < -0.3 is 19.3 Å². The van der Waals surface area contributed by atoms with Crippen LogP contribution in [-0.4, -0.2) is 55.6 Å². The van der Waals surface area contributed by atoms with Crippen molar-refractivity contribution in [2.45, 2.75) is 43.9 Å². The largest absolute Gasteiger partial charge is 0.496 e. The molecule has 1 N–H and O–H groups in total. The predicted octanol–water partition coefficient (Wildman–Crippen LogP) is 2.21. The lowest BCUT2D eigenvalue weighted by Gasteiger charge is -2.46. The summed E-state index contributed by atoms with van der Waals surface area (Å²) >= 11 is 0. The summed E-state index contributed by atoms with van der Waals surface area (Å²) in [6.07, 6.45) is 3.27.